The number of carboxylic acid groups (broad SMARTS) is 1. The molecule has 1 aromatic carbocycles. The molecular formula is C18H27NO2. The van der Waals surface area contributed by atoms with Crippen LogP contribution in [0, 0.1) is 12.8 Å². The lowest BCUT2D eigenvalue weighted by Gasteiger charge is -2.29. The zero-order valence-corrected chi connectivity index (χ0v) is 13.1. The number of carbonyl (C=O) groups is 1. The molecule has 3 heteroatoms. The van der Waals surface area contributed by atoms with Crippen LogP contribution >= 0.6 is 0 Å². The molecule has 1 aliphatic carbocycles. The third-order valence-electron chi connectivity index (χ3n) is 4.55. The lowest BCUT2D eigenvalue weighted by atomic mass is 9.85. The minimum atomic E-state index is -0.624. The van der Waals surface area contributed by atoms with Crippen molar-refractivity contribution < 1.29 is 9.90 Å². The minimum absolute atomic E-state index is 0.120. The molecule has 0 radical (unpaired) electrons. The summed E-state index contributed by atoms with van der Waals surface area (Å²) in [6, 6.07) is 9.68. The Morgan fingerprint density at radius 2 is 2.05 bits per heavy atom. The second-order valence-corrected chi connectivity index (χ2v) is 6.48. The first-order valence-corrected chi connectivity index (χ1v) is 8.09. The quantitative estimate of drug-likeness (QED) is 0.842. The maximum Gasteiger partial charge on any atom is 0.306 e. The molecule has 0 aromatic heterocycles. The second-order valence-electron chi connectivity index (χ2n) is 6.48. The van der Waals surface area contributed by atoms with Crippen LogP contribution < -0.4 is 5.32 Å². The fourth-order valence-corrected chi connectivity index (χ4v) is 3.24. The molecule has 0 heterocycles. The average molecular weight is 289 g/mol. The van der Waals surface area contributed by atoms with Gasteiger partial charge in [-0.1, -0.05) is 29.8 Å². The molecule has 0 spiro atoms. The van der Waals surface area contributed by atoms with E-state index in [2.05, 4.69) is 43.4 Å². The number of rotatable bonds is 6. The summed E-state index contributed by atoms with van der Waals surface area (Å²) in [4.78, 5) is 10.9. The monoisotopic (exact) mass is 289 g/mol. The van der Waals surface area contributed by atoms with Crippen LogP contribution in [0.15, 0.2) is 24.3 Å². The van der Waals surface area contributed by atoms with E-state index in [1.165, 1.54) is 11.1 Å². The first-order chi connectivity index (χ1) is 10.0. The van der Waals surface area contributed by atoms with Gasteiger partial charge in [-0.2, -0.15) is 0 Å². The largest absolute Gasteiger partial charge is 0.481 e. The highest BCUT2D eigenvalue weighted by molar-refractivity contribution is 5.70. The molecular weight excluding hydrogens is 262 g/mol. The van der Waals surface area contributed by atoms with Crippen LogP contribution in [0.3, 0.4) is 0 Å². The van der Waals surface area contributed by atoms with Gasteiger partial charge in [-0.15, -0.1) is 0 Å². The second kappa shape index (κ2) is 7.60. The van der Waals surface area contributed by atoms with Gasteiger partial charge in [0.25, 0.3) is 0 Å². The molecule has 1 aliphatic rings. The SMILES string of the molecule is Cc1cccc(CCC(C)NC2CCC(C(=O)O)CC2)c1. The number of carboxylic acids is 1. The van der Waals surface area contributed by atoms with E-state index in [9.17, 15) is 4.79 Å². The Labute approximate surface area is 127 Å². The third-order valence-corrected chi connectivity index (χ3v) is 4.55. The van der Waals surface area contributed by atoms with E-state index in [1.54, 1.807) is 0 Å². The van der Waals surface area contributed by atoms with Gasteiger partial charge in [0.1, 0.15) is 0 Å². The number of hydrogen-bond donors (Lipinski definition) is 2. The molecule has 116 valence electrons. The third kappa shape index (κ3) is 5.16. The number of aryl methyl sites for hydroxylation is 2. The molecule has 3 nitrogen and oxygen atoms in total. The predicted molar refractivity (Wildman–Crippen MR) is 85.5 cm³/mol. The van der Waals surface area contributed by atoms with Crippen molar-refractivity contribution in [3.05, 3.63) is 35.4 Å². The molecule has 1 fully saturated rings. The standard InChI is InChI=1S/C18H27NO2/c1-13-4-3-5-15(12-13)7-6-14(2)19-17-10-8-16(9-11-17)18(20)21/h3-5,12,14,16-17,19H,6-11H2,1-2H3,(H,20,21). The van der Waals surface area contributed by atoms with Crippen molar-refractivity contribution in [3.8, 4) is 0 Å². The summed E-state index contributed by atoms with van der Waals surface area (Å²) in [6.45, 7) is 4.37. The zero-order valence-electron chi connectivity index (χ0n) is 13.1. The lowest BCUT2D eigenvalue weighted by Crippen LogP contribution is -2.40. The molecule has 2 rings (SSSR count). The van der Waals surface area contributed by atoms with E-state index in [0.29, 0.717) is 12.1 Å². The summed E-state index contributed by atoms with van der Waals surface area (Å²) in [5.74, 6) is -0.744. The normalized spacial score (nSPS) is 23.7. The Morgan fingerprint density at radius 1 is 1.33 bits per heavy atom. The van der Waals surface area contributed by atoms with Crippen molar-refractivity contribution >= 4 is 5.97 Å². The van der Waals surface area contributed by atoms with E-state index in [0.717, 1.165) is 38.5 Å². The number of hydrogen-bond acceptors (Lipinski definition) is 2. The minimum Gasteiger partial charge on any atom is -0.481 e. The molecule has 1 saturated carbocycles. The lowest BCUT2D eigenvalue weighted by molar-refractivity contribution is -0.142. The van der Waals surface area contributed by atoms with Crippen LogP contribution in [0.5, 0.6) is 0 Å². The van der Waals surface area contributed by atoms with Crippen LogP contribution in [0.25, 0.3) is 0 Å². The maximum absolute atomic E-state index is 10.9. The van der Waals surface area contributed by atoms with Crippen LogP contribution in [0.1, 0.15) is 50.2 Å². The summed E-state index contributed by atoms with van der Waals surface area (Å²) in [6.07, 6.45) is 5.84. The highest BCUT2D eigenvalue weighted by Gasteiger charge is 2.26. The van der Waals surface area contributed by atoms with E-state index in [4.69, 9.17) is 5.11 Å². The fraction of sp³-hybridized carbons (Fsp3) is 0.611. The highest BCUT2D eigenvalue weighted by atomic mass is 16.4. The van der Waals surface area contributed by atoms with Crippen LogP contribution in [0.2, 0.25) is 0 Å². The Balaban J connectivity index is 1.70. The van der Waals surface area contributed by atoms with Crippen molar-refractivity contribution in [2.75, 3.05) is 0 Å². The van der Waals surface area contributed by atoms with E-state index >= 15 is 0 Å². The van der Waals surface area contributed by atoms with Crippen LogP contribution in [-0.2, 0) is 11.2 Å². The summed E-state index contributed by atoms with van der Waals surface area (Å²) < 4.78 is 0. The van der Waals surface area contributed by atoms with Gasteiger partial charge in [0.05, 0.1) is 5.92 Å². The first-order valence-electron chi connectivity index (χ1n) is 8.09. The van der Waals surface area contributed by atoms with Crippen molar-refractivity contribution in [1.29, 1.82) is 0 Å². The van der Waals surface area contributed by atoms with Crippen LogP contribution in [0.4, 0.5) is 0 Å². The molecule has 1 atom stereocenters. The maximum atomic E-state index is 10.9. The fourth-order valence-electron chi connectivity index (χ4n) is 3.24. The van der Waals surface area contributed by atoms with Gasteiger partial charge in [-0.05, 0) is 57.9 Å². The van der Waals surface area contributed by atoms with Gasteiger partial charge < -0.3 is 10.4 Å². The Hall–Kier alpha value is -1.35. The van der Waals surface area contributed by atoms with Crippen molar-refractivity contribution in [3.63, 3.8) is 0 Å². The van der Waals surface area contributed by atoms with Gasteiger partial charge in [-0.3, -0.25) is 4.79 Å². The van der Waals surface area contributed by atoms with Gasteiger partial charge in [0.15, 0.2) is 0 Å². The highest BCUT2D eigenvalue weighted by Crippen LogP contribution is 2.25. The van der Waals surface area contributed by atoms with Gasteiger partial charge in [-0.25, -0.2) is 0 Å². The summed E-state index contributed by atoms with van der Waals surface area (Å²) in [5, 5.41) is 12.7. The topological polar surface area (TPSA) is 49.3 Å². The predicted octanol–water partition coefficient (Wildman–Crippen LogP) is 3.55. The molecule has 0 saturated heterocycles. The smallest absolute Gasteiger partial charge is 0.306 e. The number of aliphatic carboxylic acids is 1. The Morgan fingerprint density at radius 3 is 2.67 bits per heavy atom. The number of nitrogens with one attached hydrogen (secondary N) is 1. The van der Waals surface area contributed by atoms with Crippen molar-refractivity contribution in [2.24, 2.45) is 5.92 Å². The average Bonchev–Trinajstić information content (AvgIpc) is 2.46. The molecule has 1 aromatic rings. The summed E-state index contributed by atoms with van der Waals surface area (Å²) in [7, 11) is 0. The van der Waals surface area contributed by atoms with Crippen molar-refractivity contribution in [1.82, 2.24) is 5.32 Å². The Bertz CT molecular complexity index is 464. The molecule has 0 amide bonds. The van der Waals surface area contributed by atoms with Gasteiger partial charge in [0, 0.05) is 12.1 Å². The van der Waals surface area contributed by atoms with Crippen molar-refractivity contribution in [2.45, 2.75) is 64.5 Å². The summed E-state index contributed by atoms with van der Waals surface area (Å²) in [5.41, 5.74) is 2.72. The van der Waals surface area contributed by atoms with Gasteiger partial charge in [0.2, 0.25) is 0 Å². The van der Waals surface area contributed by atoms with Crippen LogP contribution in [-0.4, -0.2) is 23.2 Å². The molecule has 0 aliphatic heterocycles. The summed E-state index contributed by atoms with van der Waals surface area (Å²) >= 11 is 0. The zero-order chi connectivity index (χ0) is 15.2. The van der Waals surface area contributed by atoms with E-state index < -0.39 is 5.97 Å². The Kier molecular flexibility index (Phi) is 5.80. The van der Waals surface area contributed by atoms with E-state index in [-0.39, 0.29) is 5.92 Å². The number of benzene rings is 1. The first kappa shape index (κ1) is 16.0. The van der Waals surface area contributed by atoms with E-state index in [1.807, 2.05) is 0 Å². The van der Waals surface area contributed by atoms with Gasteiger partial charge >= 0.3 is 5.97 Å². The molecule has 2 N–H and O–H groups in total. The molecule has 0 bridgehead atoms. The molecule has 1 unspecified atom stereocenters. The molecule has 21 heavy (non-hydrogen) atoms.